The van der Waals surface area contributed by atoms with Gasteiger partial charge in [-0.15, -0.1) is 11.3 Å². The first-order valence-electron chi connectivity index (χ1n) is 7.07. The van der Waals surface area contributed by atoms with Gasteiger partial charge in [0.1, 0.15) is 5.52 Å². The second-order valence-corrected chi connectivity index (χ2v) is 5.87. The number of aromatic nitrogens is 2. The van der Waals surface area contributed by atoms with Crippen molar-refractivity contribution in [2.24, 2.45) is 0 Å². The van der Waals surface area contributed by atoms with Crippen molar-refractivity contribution in [3.63, 3.8) is 0 Å². The summed E-state index contributed by atoms with van der Waals surface area (Å²) in [5.74, 6) is -0.357. The second kappa shape index (κ2) is 5.86. The molecule has 0 atom stereocenters. The molecule has 0 bridgehead atoms. The molecule has 0 fully saturated rings. The molecule has 2 aromatic heterocycles. The Kier molecular flexibility index (Phi) is 3.55. The minimum atomic E-state index is -0.421. The van der Waals surface area contributed by atoms with Crippen LogP contribution in [0.5, 0.6) is 0 Å². The van der Waals surface area contributed by atoms with E-state index in [2.05, 4.69) is 15.3 Å². The number of amides is 1. The van der Waals surface area contributed by atoms with Gasteiger partial charge in [-0.25, -0.2) is 14.4 Å². The van der Waals surface area contributed by atoms with Crippen LogP contribution in [0.15, 0.2) is 58.5 Å². The summed E-state index contributed by atoms with van der Waals surface area (Å²) in [6.07, 6.45) is 1.58. The van der Waals surface area contributed by atoms with E-state index in [0.717, 1.165) is 0 Å². The Morgan fingerprint density at radius 3 is 2.71 bits per heavy atom. The van der Waals surface area contributed by atoms with Crippen LogP contribution >= 0.6 is 11.3 Å². The first-order valence-corrected chi connectivity index (χ1v) is 7.95. The van der Waals surface area contributed by atoms with Gasteiger partial charge in [0, 0.05) is 22.8 Å². The van der Waals surface area contributed by atoms with Gasteiger partial charge in [-0.2, -0.15) is 0 Å². The van der Waals surface area contributed by atoms with Crippen molar-refractivity contribution in [2.45, 2.75) is 0 Å². The van der Waals surface area contributed by atoms with Crippen molar-refractivity contribution in [3.8, 4) is 11.5 Å². The molecule has 5 nitrogen and oxygen atoms in total. The van der Waals surface area contributed by atoms with Gasteiger partial charge in [0.2, 0.25) is 5.89 Å². The fourth-order valence-corrected chi connectivity index (χ4v) is 2.79. The maximum atomic E-state index is 13.7. The number of halogens is 1. The number of nitrogens with one attached hydrogen (secondary N) is 1. The van der Waals surface area contributed by atoms with Crippen LogP contribution in [0.3, 0.4) is 0 Å². The highest BCUT2D eigenvalue weighted by atomic mass is 32.1. The van der Waals surface area contributed by atoms with Crippen LogP contribution in [-0.2, 0) is 0 Å². The first-order chi connectivity index (χ1) is 11.7. The Morgan fingerprint density at radius 1 is 1.17 bits per heavy atom. The van der Waals surface area contributed by atoms with E-state index in [-0.39, 0.29) is 11.4 Å². The lowest BCUT2D eigenvalue weighted by Crippen LogP contribution is -2.11. The average molecular weight is 339 g/mol. The third-order valence-electron chi connectivity index (χ3n) is 3.39. The number of fused-ring (bicyclic) bond motifs is 1. The number of carbonyl (C=O) groups excluding carboxylic acids is 1. The van der Waals surface area contributed by atoms with Gasteiger partial charge in [0.15, 0.2) is 16.4 Å². The van der Waals surface area contributed by atoms with E-state index in [1.807, 2.05) is 0 Å². The Bertz CT molecular complexity index is 1010. The summed E-state index contributed by atoms with van der Waals surface area (Å²) in [4.78, 5) is 20.1. The van der Waals surface area contributed by atoms with E-state index in [9.17, 15) is 9.18 Å². The molecule has 2 heterocycles. The minimum Gasteiger partial charge on any atom is -0.436 e. The lowest BCUT2D eigenvalue weighted by Gasteiger charge is -2.03. The summed E-state index contributed by atoms with van der Waals surface area (Å²) in [6.45, 7) is 0. The monoisotopic (exact) mass is 339 g/mol. The smallest absolute Gasteiger partial charge is 0.284 e. The molecule has 2 aromatic carbocycles. The molecule has 0 aliphatic heterocycles. The van der Waals surface area contributed by atoms with Gasteiger partial charge in [-0.1, -0.05) is 6.07 Å². The number of hydrogen-bond donors (Lipinski definition) is 1. The summed E-state index contributed by atoms with van der Waals surface area (Å²) >= 11 is 1.27. The van der Waals surface area contributed by atoms with E-state index >= 15 is 0 Å². The van der Waals surface area contributed by atoms with Crippen molar-refractivity contribution in [1.29, 1.82) is 0 Å². The summed E-state index contributed by atoms with van der Waals surface area (Å²) in [7, 11) is 0. The van der Waals surface area contributed by atoms with Crippen LogP contribution in [-0.4, -0.2) is 15.9 Å². The average Bonchev–Trinajstić information content (AvgIpc) is 3.26. The van der Waals surface area contributed by atoms with E-state index in [0.29, 0.717) is 27.7 Å². The maximum Gasteiger partial charge on any atom is 0.284 e. The Morgan fingerprint density at radius 2 is 2.00 bits per heavy atom. The summed E-state index contributed by atoms with van der Waals surface area (Å²) < 4.78 is 19.3. The number of hydrogen-bond acceptors (Lipinski definition) is 5. The molecule has 0 aliphatic carbocycles. The predicted molar refractivity (Wildman–Crippen MR) is 89.5 cm³/mol. The molecule has 7 heteroatoms. The molecule has 4 aromatic rings. The minimum absolute atomic E-state index is 0.202. The van der Waals surface area contributed by atoms with Gasteiger partial charge in [0.25, 0.3) is 5.91 Å². The van der Waals surface area contributed by atoms with Crippen LogP contribution in [0.2, 0.25) is 0 Å². The number of para-hydroxylation sites is 1. The van der Waals surface area contributed by atoms with Gasteiger partial charge in [-0.3, -0.25) is 4.79 Å². The van der Waals surface area contributed by atoms with E-state index < -0.39 is 5.82 Å². The highest BCUT2D eigenvalue weighted by Crippen LogP contribution is 2.26. The van der Waals surface area contributed by atoms with Crippen LogP contribution in [0, 0.1) is 5.82 Å². The van der Waals surface area contributed by atoms with Gasteiger partial charge >= 0.3 is 0 Å². The van der Waals surface area contributed by atoms with Gasteiger partial charge < -0.3 is 9.73 Å². The van der Waals surface area contributed by atoms with Crippen molar-refractivity contribution >= 4 is 34.0 Å². The van der Waals surface area contributed by atoms with Crippen molar-refractivity contribution < 1.29 is 13.6 Å². The van der Waals surface area contributed by atoms with Crippen molar-refractivity contribution in [3.05, 3.63) is 64.9 Å². The highest BCUT2D eigenvalue weighted by molar-refractivity contribution is 7.11. The van der Waals surface area contributed by atoms with Crippen molar-refractivity contribution in [1.82, 2.24) is 9.97 Å². The number of thiazole rings is 1. The highest BCUT2D eigenvalue weighted by Gasteiger charge is 2.12. The standard InChI is InChI=1S/C17H10FN3O2S/c18-12-2-1-3-13-14(12)21-16(23-13)10-4-6-11(7-5-10)20-15(22)17-19-8-9-24-17/h1-9H,(H,20,22). The maximum absolute atomic E-state index is 13.7. The Hall–Kier alpha value is -3.06. The van der Waals surface area contributed by atoms with Crippen LogP contribution in [0.4, 0.5) is 10.1 Å². The molecule has 118 valence electrons. The molecular weight excluding hydrogens is 329 g/mol. The quantitative estimate of drug-likeness (QED) is 0.603. The third-order valence-corrected chi connectivity index (χ3v) is 4.16. The van der Waals surface area contributed by atoms with Crippen LogP contribution in [0.25, 0.3) is 22.6 Å². The molecule has 0 saturated carbocycles. The van der Waals surface area contributed by atoms with Crippen LogP contribution in [0.1, 0.15) is 9.80 Å². The number of anilines is 1. The number of rotatable bonds is 3. The van der Waals surface area contributed by atoms with Gasteiger partial charge in [0.05, 0.1) is 0 Å². The normalized spacial score (nSPS) is 10.9. The topological polar surface area (TPSA) is 68.0 Å². The number of oxazole rings is 1. The van der Waals surface area contributed by atoms with Crippen LogP contribution < -0.4 is 5.32 Å². The molecule has 1 N–H and O–H groups in total. The lowest BCUT2D eigenvalue weighted by molar-refractivity contribution is 0.102. The number of carbonyl (C=O) groups is 1. The summed E-state index contributed by atoms with van der Waals surface area (Å²) in [6, 6.07) is 11.5. The SMILES string of the molecule is O=C(Nc1ccc(-c2nc3c(F)cccc3o2)cc1)c1nccs1. The van der Waals surface area contributed by atoms with E-state index in [1.54, 1.807) is 48.0 Å². The second-order valence-electron chi connectivity index (χ2n) is 4.97. The van der Waals surface area contributed by atoms with E-state index in [4.69, 9.17) is 4.42 Å². The Labute approximate surface area is 139 Å². The summed E-state index contributed by atoms with van der Waals surface area (Å²) in [5.41, 5.74) is 1.92. The number of benzene rings is 2. The lowest BCUT2D eigenvalue weighted by atomic mass is 10.2. The molecule has 4 rings (SSSR count). The van der Waals surface area contributed by atoms with Gasteiger partial charge in [-0.05, 0) is 36.4 Å². The fraction of sp³-hybridized carbons (Fsp3) is 0. The van der Waals surface area contributed by atoms with Crippen molar-refractivity contribution in [2.75, 3.05) is 5.32 Å². The first kappa shape index (κ1) is 14.5. The fourth-order valence-electron chi connectivity index (χ4n) is 2.25. The molecule has 0 radical (unpaired) electrons. The predicted octanol–water partition coefficient (Wildman–Crippen LogP) is 4.34. The molecule has 0 unspecified atom stereocenters. The molecule has 0 aliphatic rings. The molecule has 0 spiro atoms. The zero-order valence-corrected chi connectivity index (χ0v) is 13.0. The largest absolute Gasteiger partial charge is 0.436 e. The molecule has 1 amide bonds. The zero-order valence-electron chi connectivity index (χ0n) is 12.2. The Balaban J connectivity index is 1.58. The summed E-state index contributed by atoms with van der Waals surface area (Å²) in [5, 5.41) is 4.89. The molecule has 0 saturated heterocycles. The molecule has 24 heavy (non-hydrogen) atoms. The zero-order chi connectivity index (χ0) is 16.5. The van der Waals surface area contributed by atoms with E-state index in [1.165, 1.54) is 17.4 Å². The molecular formula is C17H10FN3O2S. The number of nitrogens with zero attached hydrogens (tertiary/aromatic N) is 2. The third kappa shape index (κ3) is 2.65.